The number of phosphoric ester groups is 1. The van der Waals surface area contributed by atoms with Gasteiger partial charge >= 0.3 is 25.7 Å². The van der Waals surface area contributed by atoms with Crippen molar-refractivity contribution in [2.75, 3.05) is 26.4 Å². The molecule has 0 aliphatic heterocycles. The normalized spacial score (nSPS) is 14.5. The van der Waals surface area contributed by atoms with Crippen molar-refractivity contribution >= 4 is 25.7 Å². The minimum Gasteiger partial charge on any atom is -0.480 e. The molecule has 60 heavy (non-hydrogen) atoms. The van der Waals surface area contributed by atoms with E-state index in [1.807, 2.05) is 12.2 Å². The lowest BCUT2D eigenvalue weighted by Crippen LogP contribution is -2.35. The van der Waals surface area contributed by atoms with E-state index in [9.17, 15) is 23.8 Å². The first-order valence-electron chi connectivity index (χ1n) is 22.6. The van der Waals surface area contributed by atoms with E-state index in [-0.39, 0.29) is 32.6 Å². The van der Waals surface area contributed by atoms with Crippen molar-refractivity contribution in [2.24, 2.45) is 0 Å². The molecule has 0 rings (SSSR count). The first-order valence-corrected chi connectivity index (χ1v) is 24.1. The summed E-state index contributed by atoms with van der Waals surface area (Å²) < 4.78 is 33.2. The number of aliphatic carboxylic acids is 1. The molecule has 0 saturated heterocycles. The number of rotatable bonds is 41. The summed E-state index contributed by atoms with van der Waals surface area (Å²) in [7, 11) is -4.57. The van der Waals surface area contributed by atoms with E-state index in [0.29, 0.717) is 12.8 Å². The summed E-state index contributed by atoms with van der Waals surface area (Å²) in [4.78, 5) is 46.2. The molecular formula is C48H80NO10P. The topological polar surface area (TPSA) is 158 Å². The Morgan fingerprint density at radius 3 is 1.60 bits per heavy atom. The number of allylic oxidation sites excluding steroid dienone is 14. The second-order valence-electron chi connectivity index (χ2n) is 14.7. The Morgan fingerprint density at radius 2 is 1.07 bits per heavy atom. The number of carbonyl (C=O) groups excluding carboxylic acids is 2. The lowest BCUT2D eigenvalue weighted by atomic mass is 10.1. The van der Waals surface area contributed by atoms with Crippen molar-refractivity contribution in [1.29, 1.82) is 0 Å². The number of carbonyl (C=O) groups is 3. The van der Waals surface area contributed by atoms with Gasteiger partial charge in [0, 0.05) is 19.4 Å². The molecule has 2 unspecified atom stereocenters. The monoisotopic (exact) mass is 862 g/mol. The molecule has 3 N–H and O–H groups in total. The summed E-state index contributed by atoms with van der Waals surface area (Å²) in [6.45, 7) is 4.61. The predicted octanol–water partition coefficient (Wildman–Crippen LogP) is 12.2. The number of phosphoric acid groups is 1. The van der Waals surface area contributed by atoms with Crippen LogP contribution in [0, 0.1) is 0 Å². The number of hydrogen-bond acceptors (Lipinski definition) is 9. The molecule has 0 aromatic heterocycles. The van der Waals surface area contributed by atoms with Crippen LogP contribution in [0.15, 0.2) is 85.1 Å². The predicted molar refractivity (Wildman–Crippen MR) is 245 cm³/mol. The van der Waals surface area contributed by atoms with Crippen LogP contribution in [0.2, 0.25) is 0 Å². The van der Waals surface area contributed by atoms with E-state index in [1.165, 1.54) is 45.4 Å². The van der Waals surface area contributed by atoms with E-state index in [2.05, 4.69) is 92.1 Å². The van der Waals surface area contributed by atoms with Gasteiger partial charge in [-0.25, -0.2) is 4.57 Å². The van der Waals surface area contributed by atoms with Gasteiger partial charge in [0.1, 0.15) is 12.6 Å². The second-order valence-corrected chi connectivity index (χ2v) is 16.1. The van der Waals surface area contributed by atoms with Gasteiger partial charge in [0.2, 0.25) is 0 Å². The van der Waals surface area contributed by atoms with Gasteiger partial charge in [-0.2, -0.15) is 0 Å². The quantitative estimate of drug-likeness (QED) is 0.0232. The molecule has 0 aliphatic carbocycles. The van der Waals surface area contributed by atoms with E-state index >= 15 is 0 Å². The summed E-state index contributed by atoms with van der Waals surface area (Å²) in [5.74, 6) is -2.09. The highest BCUT2D eigenvalue weighted by atomic mass is 31.2. The summed E-state index contributed by atoms with van der Waals surface area (Å²) in [5, 5.41) is 11.6. The molecule has 0 spiro atoms. The molecule has 12 heteroatoms. The van der Waals surface area contributed by atoms with Crippen molar-refractivity contribution in [3.63, 3.8) is 0 Å². The van der Waals surface area contributed by atoms with Crippen LogP contribution in [-0.2, 0) is 37.5 Å². The number of esters is 2. The largest absolute Gasteiger partial charge is 0.480 e. The first-order chi connectivity index (χ1) is 29.1. The van der Waals surface area contributed by atoms with Crippen LogP contribution in [0.25, 0.3) is 0 Å². The van der Waals surface area contributed by atoms with Gasteiger partial charge in [-0.3, -0.25) is 23.4 Å². The standard InChI is InChI=1S/C48H80NO10P/c1-4-6-8-10-12-14-16-18-20-21-22-23-25-26-28-30-32-34-36-38-46(50)56-42-45(43-58-60(54,55)57-41-40-49-44(3)48(52)53)59-47(51)39-37-35-33-31-29-27-24-19-17-15-13-11-9-7-5-2/h6,8,12,14,18-20,22-24,26,28,32,34,44-45,49H,4-5,7,9-11,13,15-17,21,25,27,29-31,33,35-43H2,1-3H3,(H,52,53)(H,54,55)/b8-6-,14-12-,20-18-,23-22-,24-19-,28-26-,34-32-/t44?,45-/m1/s1. The second kappa shape index (κ2) is 42.4. The molecule has 0 aliphatic rings. The molecule has 0 fully saturated rings. The molecule has 342 valence electrons. The molecule has 3 atom stereocenters. The SMILES string of the molecule is CC/C=C\C/C=C\C/C=C\C/C=C\C/C=C\C/C=C\CCC(=O)OC[C@H](COP(=O)(O)OCCNC(C)C(=O)O)OC(=O)CCCCCCC/C=C\CCCCCCCC. The molecule has 0 aromatic rings. The smallest absolute Gasteiger partial charge is 0.472 e. The fourth-order valence-electron chi connectivity index (χ4n) is 5.54. The van der Waals surface area contributed by atoms with E-state index in [1.54, 1.807) is 0 Å². The van der Waals surface area contributed by atoms with Gasteiger partial charge in [-0.05, 0) is 84.0 Å². The number of carboxylic acids is 1. The van der Waals surface area contributed by atoms with Crippen LogP contribution in [0.1, 0.15) is 162 Å². The Hall–Kier alpha value is -3.34. The highest BCUT2D eigenvalue weighted by Gasteiger charge is 2.26. The zero-order valence-corrected chi connectivity index (χ0v) is 38.1. The Balaban J connectivity index is 4.58. The maximum Gasteiger partial charge on any atom is 0.472 e. The van der Waals surface area contributed by atoms with Gasteiger partial charge in [-0.15, -0.1) is 0 Å². The minimum absolute atomic E-state index is 0.00980. The Labute approximate surface area is 363 Å². The molecule has 0 bridgehead atoms. The number of nitrogens with one attached hydrogen (secondary N) is 1. The average molecular weight is 862 g/mol. The van der Waals surface area contributed by atoms with Crippen molar-refractivity contribution in [3.05, 3.63) is 85.1 Å². The highest BCUT2D eigenvalue weighted by molar-refractivity contribution is 7.47. The van der Waals surface area contributed by atoms with Crippen LogP contribution in [0.3, 0.4) is 0 Å². The fourth-order valence-corrected chi connectivity index (χ4v) is 6.29. The Bertz CT molecular complexity index is 1340. The summed E-state index contributed by atoms with van der Waals surface area (Å²) in [6, 6.07) is -0.868. The minimum atomic E-state index is -4.57. The van der Waals surface area contributed by atoms with E-state index in [4.69, 9.17) is 23.6 Å². The van der Waals surface area contributed by atoms with E-state index in [0.717, 1.165) is 77.0 Å². The van der Waals surface area contributed by atoms with Gasteiger partial charge in [0.15, 0.2) is 6.10 Å². The first kappa shape index (κ1) is 56.7. The highest BCUT2D eigenvalue weighted by Crippen LogP contribution is 2.43. The summed E-state index contributed by atoms with van der Waals surface area (Å²) >= 11 is 0. The third-order valence-corrected chi connectivity index (χ3v) is 10.1. The van der Waals surface area contributed by atoms with Gasteiger partial charge in [0.05, 0.1) is 13.2 Å². The third-order valence-electron chi connectivity index (χ3n) is 9.08. The Morgan fingerprint density at radius 1 is 0.583 bits per heavy atom. The molecule has 0 heterocycles. The number of unbranched alkanes of at least 4 members (excludes halogenated alkanes) is 11. The lowest BCUT2D eigenvalue weighted by molar-refractivity contribution is -0.161. The molecule has 0 saturated carbocycles. The maximum absolute atomic E-state index is 12.7. The molecule has 0 radical (unpaired) electrons. The van der Waals surface area contributed by atoms with Crippen LogP contribution in [0.5, 0.6) is 0 Å². The van der Waals surface area contributed by atoms with Gasteiger partial charge in [0.25, 0.3) is 0 Å². The lowest BCUT2D eigenvalue weighted by Gasteiger charge is -2.20. The summed E-state index contributed by atoms with van der Waals surface area (Å²) in [5.41, 5.74) is 0. The van der Waals surface area contributed by atoms with Crippen molar-refractivity contribution in [2.45, 2.75) is 174 Å². The molecular weight excluding hydrogens is 781 g/mol. The fraction of sp³-hybridized carbons (Fsp3) is 0.646. The van der Waals surface area contributed by atoms with Crippen molar-refractivity contribution < 1.29 is 47.5 Å². The molecule has 11 nitrogen and oxygen atoms in total. The average Bonchev–Trinajstić information content (AvgIpc) is 3.22. The number of hydrogen-bond donors (Lipinski definition) is 3. The summed E-state index contributed by atoms with van der Waals surface area (Å²) in [6.07, 6.45) is 49.9. The van der Waals surface area contributed by atoms with Gasteiger partial charge in [-0.1, -0.05) is 150 Å². The number of ether oxygens (including phenoxy) is 2. The molecule has 0 amide bonds. The Kier molecular flexibility index (Phi) is 40.0. The maximum atomic E-state index is 12.7. The van der Waals surface area contributed by atoms with Crippen molar-refractivity contribution in [1.82, 2.24) is 5.32 Å². The van der Waals surface area contributed by atoms with Crippen LogP contribution in [-0.4, -0.2) is 66.4 Å². The zero-order chi connectivity index (χ0) is 44.2. The van der Waals surface area contributed by atoms with Gasteiger partial charge < -0.3 is 24.8 Å². The van der Waals surface area contributed by atoms with E-state index < -0.39 is 44.5 Å². The number of carboxylic acid groups (broad SMARTS) is 1. The zero-order valence-electron chi connectivity index (χ0n) is 37.2. The van der Waals surface area contributed by atoms with Crippen molar-refractivity contribution in [3.8, 4) is 0 Å². The van der Waals surface area contributed by atoms with Crippen LogP contribution in [0.4, 0.5) is 0 Å². The van der Waals surface area contributed by atoms with Crippen LogP contribution >= 0.6 is 7.82 Å². The third kappa shape index (κ3) is 41.4. The molecule has 0 aromatic carbocycles. The van der Waals surface area contributed by atoms with Crippen LogP contribution < -0.4 is 5.32 Å².